The van der Waals surface area contributed by atoms with Gasteiger partial charge in [0, 0.05) is 18.7 Å². The third-order valence-corrected chi connectivity index (χ3v) is 4.07. The van der Waals surface area contributed by atoms with Crippen LogP contribution in [0.15, 0.2) is 18.2 Å². The summed E-state index contributed by atoms with van der Waals surface area (Å²) in [7, 11) is 0. The topological polar surface area (TPSA) is 101 Å². The molecule has 1 atom stereocenters. The molecule has 21 heavy (non-hydrogen) atoms. The molecule has 8 heteroatoms. The molecule has 1 unspecified atom stereocenters. The lowest BCUT2D eigenvalue weighted by Crippen LogP contribution is -2.50. The van der Waals surface area contributed by atoms with Crippen LogP contribution in [-0.2, 0) is 4.79 Å². The molecule has 1 saturated heterocycles. The molecule has 0 aromatic heterocycles. The van der Waals surface area contributed by atoms with Crippen molar-refractivity contribution in [1.29, 1.82) is 0 Å². The SMILES string of the molecule is CC1(C(=O)O)CCCN1C(=O)c1cc([N+](=O)[O-])ccc1Cl. The smallest absolute Gasteiger partial charge is 0.329 e. The Morgan fingerprint density at radius 3 is 2.71 bits per heavy atom. The van der Waals surface area contributed by atoms with Gasteiger partial charge >= 0.3 is 5.97 Å². The quantitative estimate of drug-likeness (QED) is 0.682. The second-order valence-electron chi connectivity index (χ2n) is 5.06. The highest BCUT2D eigenvalue weighted by Gasteiger charge is 2.46. The van der Waals surface area contributed by atoms with E-state index in [0.29, 0.717) is 12.8 Å². The molecule has 1 fully saturated rings. The number of non-ortho nitro benzene ring substituents is 1. The van der Waals surface area contributed by atoms with Crippen LogP contribution in [0.5, 0.6) is 0 Å². The lowest BCUT2D eigenvalue weighted by atomic mass is 9.98. The zero-order valence-corrected chi connectivity index (χ0v) is 12.0. The molecule has 1 amide bonds. The fraction of sp³-hybridized carbons (Fsp3) is 0.385. The Bertz CT molecular complexity index is 633. The van der Waals surface area contributed by atoms with Crippen LogP contribution in [0.2, 0.25) is 5.02 Å². The van der Waals surface area contributed by atoms with Crippen LogP contribution in [0.4, 0.5) is 5.69 Å². The number of carboxylic acids is 1. The standard InChI is InChI=1S/C13H13ClN2O5/c1-13(12(18)19)5-2-6-15(13)11(17)9-7-8(16(20)21)3-4-10(9)14/h3-4,7H,2,5-6H2,1H3,(H,18,19). The van der Waals surface area contributed by atoms with Crippen LogP contribution >= 0.6 is 11.6 Å². The highest BCUT2D eigenvalue weighted by atomic mass is 35.5. The Hall–Kier alpha value is -2.15. The van der Waals surface area contributed by atoms with Gasteiger partial charge in [-0.25, -0.2) is 4.79 Å². The summed E-state index contributed by atoms with van der Waals surface area (Å²) in [5.74, 6) is -1.71. The van der Waals surface area contributed by atoms with Crippen molar-refractivity contribution in [3.8, 4) is 0 Å². The highest BCUT2D eigenvalue weighted by Crippen LogP contribution is 2.33. The molecule has 1 aromatic carbocycles. The maximum absolute atomic E-state index is 12.5. The molecule has 1 N–H and O–H groups in total. The van der Waals surface area contributed by atoms with Gasteiger partial charge < -0.3 is 10.0 Å². The summed E-state index contributed by atoms with van der Waals surface area (Å²) in [5, 5.41) is 20.2. The van der Waals surface area contributed by atoms with E-state index < -0.39 is 22.3 Å². The van der Waals surface area contributed by atoms with Gasteiger partial charge in [-0.15, -0.1) is 0 Å². The minimum Gasteiger partial charge on any atom is -0.480 e. The van der Waals surface area contributed by atoms with Crippen molar-refractivity contribution in [1.82, 2.24) is 4.90 Å². The molecule has 1 aliphatic heterocycles. The van der Waals surface area contributed by atoms with Gasteiger partial charge in [-0.2, -0.15) is 0 Å². The van der Waals surface area contributed by atoms with Gasteiger partial charge in [0.05, 0.1) is 15.5 Å². The first-order valence-corrected chi connectivity index (χ1v) is 6.64. The fourth-order valence-electron chi connectivity index (χ4n) is 2.45. The number of hydrogen-bond acceptors (Lipinski definition) is 4. The minimum atomic E-state index is -1.31. The van der Waals surface area contributed by atoms with Crippen molar-refractivity contribution in [2.24, 2.45) is 0 Å². The third-order valence-electron chi connectivity index (χ3n) is 3.74. The van der Waals surface area contributed by atoms with E-state index in [1.807, 2.05) is 0 Å². The number of carbonyl (C=O) groups is 2. The molecule has 0 saturated carbocycles. The van der Waals surface area contributed by atoms with Gasteiger partial charge in [-0.05, 0) is 25.8 Å². The third kappa shape index (κ3) is 2.56. The number of rotatable bonds is 3. The Morgan fingerprint density at radius 1 is 1.48 bits per heavy atom. The van der Waals surface area contributed by atoms with Gasteiger partial charge in [0.2, 0.25) is 0 Å². The van der Waals surface area contributed by atoms with E-state index in [0.717, 1.165) is 6.07 Å². The summed E-state index contributed by atoms with van der Waals surface area (Å²) in [6, 6.07) is 3.53. The summed E-state index contributed by atoms with van der Waals surface area (Å²) in [6.45, 7) is 1.74. The van der Waals surface area contributed by atoms with Gasteiger partial charge in [-0.3, -0.25) is 14.9 Å². The van der Waals surface area contributed by atoms with Crippen LogP contribution in [-0.4, -0.2) is 38.9 Å². The fourth-order valence-corrected chi connectivity index (χ4v) is 2.65. The van der Waals surface area contributed by atoms with Gasteiger partial charge in [-0.1, -0.05) is 11.6 Å². The molecule has 0 bridgehead atoms. The van der Waals surface area contributed by atoms with E-state index in [4.69, 9.17) is 11.6 Å². The van der Waals surface area contributed by atoms with Crippen molar-refractivity contribution in [3.63, 3.8) is 0 Å². The molecule has 112 valence electrons. The number of halogens is 1. The van der Waals surface area contributed by atoms with Gasteiger partial charge in [0.15, 0.2) is 0 Å². The normalized spacial score (nSPS) is 21.3. The summed E-state index contributed by atoms with van der Waals surface area (Å²) in [5.41, 5.74) is -1.63. The average molecular weight is 313 g/mol. The van der Waals surface area contributed by atoms with E-state index in [1.54, 1.807) is 0 Å². The van der Waals surface area contributed by atoms with E-state index >= 15 is 0 Å². The van der Waals surface area contributed by atoms with Crippen molar-refractivity contribution in [2.45, 2.75) is 25.3 Å². The molecule has 0 radical (unpaired) electrons. The number of nitro groups is 1. The van der Waals surface area contributed by atoms with Crippen molar-refractivity contribution in [3.05, 3.63) is 38.9 Å². The van der Waals surface area contributed by atoms with Crippen LogP contribution in [0.3, 0.4) is 0 Å². The second kappa shape index (κ2) is 5.33. The van der Waals surface area contributed by atoms with Crippen molar-refractivity contribution >= 4 is 29.2 Å². The number of carbonyl (C=O) groups excluding carboxylic acids is 1. The summed E-state index contributed by atoms with van der Waals surface area (Å²) in [4.78, 5) is 35.3. The van der Waals surface area contributed by atoms with Gasteiger partial charge in [0.25, 0.3) is 11.6 Å². The molecule has 1 heterocycles. The summed E-state index contributed by atoms with van der Waals surface area (Å²) >= 11 is 5.93. The number of hydrogen-bond donors (Lipinski definition) is 1. The number of likely N-dealkylation sites (tertiary alicyclic amines) is 1. The predicted molar refractivity (Wildman–Crippen MR) is 74.4 cm³/mol. The number of amides is 1. The summed E-state index contributed by atoms with van der Waals surface area (Å²) in [6.07, 6.45) is 0.891. The van der Waals surface area contributed by atoms with Crippen molar-refractivity contribution < 1.29 is 19.6 Å². The second-order valence-corrected chi connectivity index (χ2v) is 5.47. The first-order valence-electron chi connectivity index (χ1n) is 6.26. The van der Waals surface area contributed by atoms with Gasteiger partial charge in [0.1, 0.15) is 5.54 Å². The Balaban J connectivity index is 2.42. The van der Waals surface area contributed by atoms with Crippen LogP contribution in [0, 0.1) is 10.1 Å². The lowest BCUT2D eigenvalue weighted by Gasteiger charge is -2.31. The molecule has 1 aromatic rings. The Morgan fingerprint density at radius 2 is 2.14 bits per heavy atom. The molecular weight excluding hydrogens is 300 g/mol. The Kier molecular flexibility index (Phi) is 3.87. The Labute approximate surface area is 125 Å². The number of nitrogens with zero attached hydrogens (tertiary/aromatic N) is 2. The van der Waals surface area contributed by atoms with E-state index in [-0.39, 0.29) is 22.8 Å². The van der Waals surface area contributed by atoms with Crippen LogP contribution in [0.25, 0.3) is 0 Å². The highest BCUT2D eigenvalue weighted by molar-refractivity contribution is 6.34. The largest absolute Gasteiger partial charge is 0.480 e. The molecule has 2 rings (SSSR count). The molecule has 0 aliphatic carbocycles. The number of benzene rings is 1. The van der Waals surface area contributed by atoms with Crippen LogP contribution < -0.4 is 0 Å². The zero-order valence-electron chi connectivity index (χ0n) is 11.2. The number of nitro benzene ring substituents is 1. The number of aliphatic carboxylic acids is 1. The lowest BCUT2D eigenvalue weighted by molar-refractivity contribution is -0.384. The minimum absolute atomic E-state index is 0.0553. The number of carboxylic acid groups (broad SMARTS) is 1. The average Bonchev–Trinajstić information content (AvgIpc) is 2.81. The zero-order chi connectivity index (χ0) is 15.8. The van der Waals surface area contributed by atoms with Crippen molar-refractivity contribution in [2.75, 3.05) is 6.54 Å². The first kappa shape index (κ1) is 15.2. The first-order chi connectivity index (χ1) is 9.77. The molecular formula is C13H13ClN2O5. The predicted octanol–water partition coefficient (Wildman–Crippen LogP) is 2.33. The van der Waals surface area contributed by atoms with E-state index in [2.05, 4.69) is 0 Å². The van der Waals surface area contributed by atoms with E-state index in [1.165, 1.54) is 24.0 Å². The molecule has 1 aliphatic rings. The molecule has 7 nitrogen and oxygen atoms in total. The maximum Gasteiger partial charge on any atom is 0.329 e. The molecule has 0 spiro atoms. The monoisotopic (exact) mass is 312 g/mol. The van der Waals surface area contributed by atoms with E-state index in [9.17, 15) is 24.8 Å². The maximum atomic E-state index is 12.5. The van der Waals surface area contributed by atoms with Crippen LogP contribution in [0.1, 0.15) is 30.1 Å². The summed E-state index contributed by atoms with van der Waals surface area (Å²) < 4.78 is 0.